The lowest BCUT2D eigenvalue weighted by molar-refractivity contribution is 0.411. The smallest absolute Gasteiger partial charge is 0.122 e. The monoisotopic (exact) mass is 234 g/mol. The molecule has 2 rings (SSSR count). The Morgan fingerprint density at radius 1 is 1.41 bits per heavy atom. The molecule has 1 heterocycles. The minimum absolute atomic E-state index is 0.591. The third-order valence-electron chi connectivity index (χ3n) is 3.73. The molecule has 17 heavy (non-hydrogen) atoms. The van der Waals surface area contributed by atoms with E-state index in [1.807, 2.05) is 19.1 Å². The first-order chi connectivity index (χ1) is 8.17. The molecule has 0 aliphatic heterocycles. The van der Waals surface area contributed by atoms with Gasteiger partial charge in [0.2, 0.25) is 0 Å². The minimum Gasteiger partial charge on any atom is -0.497 e. The second-order valence-corrected chi connectivity index (χ2v) is 5.10. The van der Waals surface area contributed by atoms with E-state index in [2.05, 4.69) is 17.2 Å². The number of hydrogen-bond donors (Lipinski definition) is 1. The average molecular weight is 234 g/mol. The van der Waals surface area contributed by atoms with Crippen molar-refractivity contribution in [3.63, 3.8) is 0 Å². The second kappa shape index (κ2) is 5.05. The molecule has 0 aromatic carbocycles. The van der Waals surface area contributed by atoms with Gasteiger partial charge in [-0.15, -0.1) is 0 Å². The van der Waals surface area contributed by atoms with Gasteiger partial charge < -0.3 is 10.1 Å². The van der Waals surface area contributed by atoms with Gasteiger partial charge in [-0.25, -0.2) is 0 Å². The van der Waals surface area contributed by atoms with Crippen LogP contribution in [0.2, 0.25) is 0 Å². The van der Waals surface area contributed by atoms with Crippen molar-refractivity contribution < 1.29 is 4.74 Å². The summed E-state index contributed by atoms with van der Waals surface area (Å²) in [6.07, 6.45) is 4.03. The number of nitrogens with one attached hydrogen (secondary N) is 1. The lowest BCUT2D eigenvalue weighted by atomic mass is 10.0. The Morgan fingerprint density at radius 2 is 2.18 bits per heavy atom. The molecule has 0 atom stereocenters. The molecule has 0 unspecified atom stereocenters. The maximum atomic E-state index is 5.25. The Bertz CT molecular complexity index is 386. The van der Waals surface area contributed by atoms with Crippen LogP contribution in [0.3, 0.4) is 0 Å². The van der Waals surface area contributed by atoms with Gasteiger partial charge in [0.15, 0.2) is 0 Å². The van der Waals surface area contributed by atoms with E-state index in [1.54, 1.807) is 7.11 Å². The number of aryl methyl sites for hydroxylation is 1. The van der Waals surface area contributed by atoms with Crippen molar-refractivity contribution in [2.24, 2.45) is 5.41 Å². The van der Waals surface area contributed by atoms with E-state index in [9.17, 15) is 0 Å². The third kappa shape index (κ3) is 3.19. The molecule has 3 heteroatoms. The van der Waals surface area contributed by atoms with E-state index in [-0.39, 0.29) is 0 Å². The molecule has 0 spiro atoms. The Kier molecular flexibility index (Phi) is 3.67. The van der Waals surface area contributed by atoms with E-state index in [4.69, 9.17) is 4.74 Å². The molecule has 1 aliphatic rings. The van der Waals surface area contributed by atoms with Gasteiger partial charge in [-0.3, -0.25) is 4.98 Å². The lowest BCUT2D eigenvalue weighted by Gasteiger charge is -2.13. The highest BCUT2D eigenvalue weighted by molar-refractivity contribution is 5.26. The van der Waals surface area contributed by atoms with Gasteiger partial charge in [0.25, 0.3) is 0 Å². The molecule has 1 saturated carbocycles. The summed E-state index contributed by atoms with van der Waals surface area (Å²) in [6.45, 7) is 6.23. The first-order valence-corrected chi connectivity index (χ1v) is 6.40. The van der Waals surface area contributed by atoms with Crippen LogP contribution in [-0.4, -0.2) is 18.6 Å². The lowest BCUT2D eigenvalue weighted by Crippen LogP contribution is -2.23. The highest BCUT2D eigenvalue weighted by Crippen LogP contribution is 2.47. The Hall–Kier alpha value is -1.09. The SMILES string of the molecule is CCC1(CNCc2cc(OC)cc(C)n2)CC1. The molecule has 1 N–H and O–H groups in total. The van der Waals surface area contributed by atoms with Crippen LogP contribution in [0.1, 0.15) is 37.6 Å². The molecule has 1 aromatic rings. The summed E-state index contributed by atoms with van der Waals surface area (Å²) >= 11 is 0. The highest BCUT2D eigenvalue weighted by Gasteiger charge is 2.39. The second-order valence-electron chi connectivity index (χ2n) is 5.10. The van der Waals surface area contributed by atoms with E-state index in [1.165, 1.54) is 19.3 Å². The molecule has 94 valence electrons. The molecule has 0 amide bonds. The zero-order chi connectivity index (χ0) is 12.3. The van der Waals surface area contributed by atoms with Crippen molar-refractivity contribution in [1.29, 1.82) is 0 Å². The summed E-state index contributed by atoms with van der Waals surface area (Å²) in [7, 11) is 1.70. The van der Waals surface area contributed by atoms with Crippen LogP contribution in [0, 0.1) is 12.3 Å². The Labute approximate surface area is 104 Å². The number of pyridine rings is 1. The van der Waals surface area contributed by atoms with Crippen LogP contribution in [0.25, 0.3) is 0 Å². The number of ether oxygens (including phenoxy) is 1. The summed E-state index contributed by atoms with van der Waals surface area (Å²) in [5.41, 5.74) is 2.67. The number of aromatic nitrogens is 1. The Morgan fingerprint density at radius 3 is 2.76 bits per heavy atom. The average Bonchev–Trinajstić information content (AvgIpc) is 3.09. The van der Waals surface area contributed by atoms with E-state index < -0.39 is 0 Å². The quantitative estimate of drug-likeness (QED) is 0.821. The highest BCUT2D eigenvalue weighted by atomic mass is 16.5. The van der Waals surface area contributed by atoms with Gasteiger partial charge >= 0.3 is 0 Å². The Balaban J connectivity index is 1.88. The summed E-state index contributed by atoms with van der Waals surface area (Å²) in [4.78, 5) is 4.51. The maximum Gasteiger partial charge on any atom is 0.122 e. The molecule has 1 aliphatic carbocycles. The van der Waals surface area contributed by atoms with Crippen molar-refractivity contribution in [3.8, 4) is 5.75 Å². The van der Waals surface area contributed by atoms with Crippen molar-refractivity contribution in [3.05, 3.63) is 23.5 Å². The van der Waals surface area contributed by atoms with Gasteiger partial charge in [-0.1, -0.05) is 6.92 Å². The predicted octanol–water partition coefficient (Wildman–Crippen LogP) is 2.68. The van der Waals surface area contributed by atoms with Crippen LogP contribution in [0.15, 0.2) is 12.1 Å². The third-order valence-corrected chi connectivity index (χ3v) is 3.73. The molecule has 0 radical (unpaired) electrons. The fourth-order valence-corrected chi connectivity index (χ4v) is 2.20. The first kappa shape index (κ1) is 12.4. The minimum atomic E-state index is 0.591. The zero-order valence-electron chi connectivity index (χ0n) is 11.0. The molecule has 0 saturated heterocycles. The van der Waals surface area contributed by atoms with Crippen molar-refractivity contribution in [2.45, 2.75) is 39.7 Å². The number of methoxy groups -OCH3 is 1. The van der Waals surface area contributed by atoms with Crippen LogP contribution in [0.5, 0.6) is 5.75 Å². The van der Waals surface area contributed by atoms with E-state index in [0.717, 1.165) is 30.2 Å². The van der Waals surface area contributed by atoms with Crippen LogP contribution in [0.4, 0.5) is 0 Å². The molecular formula is C14H22N2O. The molecule has 0 bridgehead atoms. The van der Waals surface area contributed by atoms with Gasteiger partial charge in [0, 0.05) is 30.9 Å². The molecule has 1 aromatic heterocycles. The fourth-order valence-electron chi connectivity index (χ4n) is 2.20. The summed E-state index contributed by atoms with van der Waals surface area (Å²) in [6, 6.07) is 3.96. The van der Waals surface area contributed by atoms with Crippen LogP contribution in [-0.2, 0) is 6.54 Å². The largest absolute Gasteiger partial charge is 0.497 e. The van der Waals surface area contributed by atoms with Gasteiger partial charge in [-0.05, 0) is 31.6 Å². The van der Waals surface area contributed by atoms with Gasteiger partial charge in [-0.2, -0.15) is 0 Å². The molecular weight excluding hydrogens is 212 g/mol. The number of hydrogen-bond acceptors (Lipinski definition) is 3. The summed E-state index contributed by atoms with van der Waals surface area (Å²) < 4.78 is 5.25. The first-order valence-electron chi connectivity index (χ1n) is 6.40. The van der Waals surface area contributed by atoms with E-state index in [0.29, 0.717) is 5.41 Å². The number of rotatable bonds is 6. The summed E-state index contributed by atoms with van der Waals surface area (Å²) in [5.74, 6) is 0.894. The zero-order valence-corrected chi connectivity index (χ0v) is 11.0. The van der Waals surface area contributed by atoms with Gasteiger partial charge in [0.05, 0.1) is 12.8 Å². The van der Waals surface area contributed by atoms with Crippen molar-refractivity contribution in [1.82, 2.24) is 10.3 Å². The van der Waals surface area contributed by atoms with Crippen LogP contribution < -0.4 is 10.1 Å². The van der Waals surface area contributed by atoms with Crippen LogP contribution >= 0.6 is 0 Å². The van der Waals surface area contributed by atoms with E-state index >= 15 is 0 Å². The normalized spacial score (nSPS) is 16.9. The summed E-state index contributed by atoms with van der Waals surface area (Å²) in [5, 5.41) is 3.52. The maximum absolute atomic E-state index is 5.25. The van der Waals surface area contributed by atoms with Gasteiger partial charge in [0.1, 0.15) is 5.75 Å². The topological polar surface area (TPSA) is 34.1 Å². The van der Waals surface area contributed by atoms with Crippen molar-refractivity contribution >= 4 is 0 Å². The molecule has 3 nitrogen and oxygen atoms in total. The number of nitrogens with zero attached hydrogens (tertiary/aromatic N) is 1. The van der Waals surface area contributed by atoms with Crippen molar-refractivity contribution in [2.75, 3.05) is 13.7 Å². The standard InChI is InChI=1S/C14H22N2O/c1-4-14(5-6-14)10-15-9-12-8-13(17-3)7-11(2)16-12/h7-8,15H,4-6,9-10H2,1-3H3. The molecule has 1 fully saturated rings. The fraction of sp³-hybridized carbons (Fsp3) is 0.643. The predicted molar refractivity (Wildman–Crippen MR) is 69.2 cm³/mol.